The maximum Gasteiger partial charge on any atom is 0.262 e. The van der Waals surface area contributed by atoms with Gasteiger partial charge in [0.15, 0.2) is 5.16 Å². The zero-order chi connectivity index (χ0) is 20.9. The van der Waals surface area contributed by atoms with E-state index < -0.39 is 5.54 Å². The first-order chi connectivity index (χ1) is 13.9. The van der Waals surface area contributed by atoms with Gasteiger partial charge in [-0.25, -0.2) is 4.98 Å². The molecule has 1 N–H and O–H groups in total. The van der Waals surface area contributed by atoms with Gasteiger partial charge in [0.05, 0.1) is 22.7 Å². The molecule has 0 aliphatic heterocycles. The Hall–Kier alpha value is -2.37. The molecule has 29 heavy (non-hydrogen) atoms. The second-order valence-electron chi connectivity index (χ2n) is 7.76. The summed E-state index contributed by atoms with van der Waals surface area (Å²) in [6.45, 7) is 1.40. The SMILES string of the molecule is CN(C)CCCn1c(SCC(=O)NC2(C#N)CCCC2)nc2ccccc2c1=O. The molecular weight excluding hydrogens is 386 g/mol. The molecule has 1 heterocycles. The van der Waals surface area contributed by atoms with Gasteiger partial charge < -0.3 is 10.2 Å². The largest absolute Gasteiger partial charge is 0.337 e. The number of amides is 1. The number of nitrogens with zero attached hydrogens (tertiary/aromatic N) is 4. The van der Waals surface area contributed by atoms with Crippen molar-refractivity contribution >= 4 is 28.6 Å². The van der Waals surface area contributed by atoms with Gasteiger partial charge >= 0.3 is 0 Å². The van der Waals surface area contributed by atoms with Gasteiger partial charge in [-0.2, -0.15) is 5.26 Å². The Labute approximate surface area is 175 Å². The normalized spacial score (nSPS) is 15.5. The topological polar surface area (TPSA) is 91.0 Å². The monoisotopic (exact) mass is 413 g/mol. The predicted molar refractivity (Wildman–Crippen MR) is 115 cm³/mol. The highest BCUT2D eigenvalue weighted by Gasteiger charge is 2.35. The van der Waals surface area contributed by atoms with Crippen LogP contribution in [0.1, 0.15) is 32.1 Å². The Kier molecular flexibility index (Phi) is 6.93. The molecule has 1 saturated carbocycles. The van der Waals surface area contributed by atoms with Crippen LogP contribution in [-0.4, -0.2) is 52.3 Å². The van der Waals surface area contributed by atoms with Crippen LogP contribution < -0.4 is 10.9 Å². The van der Waals surface area contributed by atoms with E-state index >= 15 is 0 Å². The van der Waals surface area contributed by atoms with Gasteiger partial charge in [-0.15, -0.1) is 0 Å². The van der Waals surface area contributed by atoms with Gasteiger partial charge in [0.25, 0.3) is 5.56 Å². The van der Waals surface area contributed by atoms with Crippen molar-refractivity contribution < 1.29 is 4.79 Å². The Morgan fingerprint density at radius 1 is 1.34 bits per heavy atom. The first kappa shape index (κ1) is 21.3. The van der Waals surface area contributed by atoms with Crippen molar-refractivity contribution in [3.05, 3.63) is 34.6 Å². The second kappa shape index (κ2) is 9.42. The molecule has 8 heteroatoms. The number of carbonyl (C=O) groups is 1. The minimum atomic E-state index is -0.736. The molecule has 2 aromatic rings. The molecule has 7 nitrogen and oxygen atoms in total. The number of hydrogen-bond donors (Lipinski definition) is 1. The molecule has 0 spiro atoms. The lowest BCUT2D eigenvalue weighted by atomic mass is 10.0. The smallest absolute Gasteiger partial charge is 0.262 e. The van der Waals surface area contributed by atoms with Gasteiger partial charge in [0.1, 0.15) is 5.54 Å². The third-order valence-electron chi connectivity index (χ3n) is 5.20. The van der Waals surface area contributed by atoms with E-state index in [0.717, 1.165) is 25.8 Å². The minimum Gasteiger partial charge on any atom is -0.337 e. The number of rotatable bonds is 8. The lowest BCUT2D eigenvalue weighted by molar-refractivity contribution is -0.119. The van der Waals surface area contributed by atoms with E-state index in [9.17, 15) is 14.9 Å². The molecule has 0 atom stereocenters. The average Bonchev–Trinajstić information content (AvgIpc) is 3.17. The highest BCUT2D eigenvalue weighted by Crippen LogP contribution is 2.29. The van der Waals surface area contributed by atoms with Crippen molar-refractivity contribution in [1.29, 1.82) is 5.26 Å². The van der Waals surface area contributed by atoms with Crippen molar-refractivity contribution in [2.24, 2.45) is 0 Å². The van der Waals surface area contributed by atoms with E-state index in [2.05, 4.69) is 21.3 Å². The van der Waals surface area contributed by atoms with E-state index in [0.29, 0.717) is 35.4 Å². The number of para-hydroxylation sites is 1. The number of nitriles is 1. The number of carbonyl (C=O) groups excluding carboxylic acids is 1. The molecular formula is C21H27N5O2S. The molecule has 1 amide bonds. The summed E-state index contributed by atoms with van der Waals surface area (Å²) in [6.07, 6.45) is 4.12. The first-order valence-electron chi connectivity index (χ1n) is 9.93. The fourth-order valence-electron chi connectivity index (χ4n) is 3.68. The molecule has 1 aromatic carbocycles. The van der Waals surface area contributed by atoms with Crippen LogP contribution in [0.5, 0.6) is 0 Å². The molecule has 154 valence electrons. The second-order valence-corrected chi connectivity index (χ2v) is 8.71. The third kappa shape index (κ3) is 5.17. The summed E-state index contributed by atoms with van der Waals surface area (Å²) >= 11 is 1.25. The van der Waals surface area contributed by atoms with Crippen LogP contribution in [0, 0.1) is 11.3 Å². The van der Waals surface area contributed by atoms with Crippen LogP contribution >= 0.6 is 11.8 Å². The summed E-state index contributed by atoms with van der Waals surface area (Å²) in [6, 6.07) is 9.55. The number of aromatic nitrogens is 2. The standard InChI is InChI=1S/C21H27N5O2S/c1-25(2)12-7-13-26-19(28)16-8-3-4-9-17(16)23-20(26)29-14-18(27)24-21(15-22)10-5-6-11-21/h3-4,8-9H,5-7,10-14H2,1-2H3,(H,24,27). The number of hydrogen-bond acceptors (Lipinski definition) is 6. The van der Waals surface area contributed by atoms with Gasteiger partial charge in [0.2, 0.25) is 5.91 Å². The first-order valence-corrected chi connectivity index (χ1v) is 10.9. The molecule has 1 aliphatic rings. The fraction of sp³-hybridized carbons (Fsp3) is 0.524. The van der Waals surface area contributed by atoms with Gasteiger partial charge in [-0.1, -0.05) is 23.9 Å². The highest BCUT2D eigenvalue weighted by molar-refractivity contribution is 7.99. The number of nitrogens with one attached hydrogen (secondary N) is 1. The summed E-state index contributed by atoms with van der Waals surface area (Å²) in [5.74, 6) is -0.0669. The average molecular weight is 414 g/mol. The number of benzene rings is 1. The summed E-state index contributed by atoms with van der Waals surface area (Å²) in [5, 5.41) is 13.5. The van der Waals surface area contributed by atoms with E-state index in [-0.39, 0.29) is 17.2 Å². The maximum atomic E-state index is 13.0. The zero-order valence-electron chi connectivity index (χ0n) is 17.0. The Morgan fingerprint density at radius 2 is 2.07 bits per heavy atom. The summed E-state index contributed by atoms with van der Waals surface area (Å²) in [5.41, 5.74) is -0.185. The van der Waals surface area contributed by atoms with Crippen LogP contribution in [0.2, 0.25) is 0 Å². The van der Waals surface area contributed by atoms with Gasteiger partial charge in [-0.3, -0.25) is 14.2 Å². The third-order valence-corrected chi connectivity index (χ3v) is 6.17. The van der Waals surface area contributed by atoms with Crippen molar-refractivity contribution in [3.63, 3.8) is 0 Å². The molecule has 0 unspecified atom stereocenters. The Balaban J connectivity index is 1.78. The van der Waals surface area contributed by atoms with Crippen LogP contribution in [0.15, 0.2) is 34.2 Å². The predicted octanol–water partition coefficient (Wildman–Crippen LogP) is 2.39. The van der Waals surface area contributed by atoms with Gasteiger partial charge in [-0.05, 0) is 64.9 Å². The maximum absolute atomic E-state index is 13.0. The molecule has 1 aromatic heterocycles. The van der Waals surface area contributed by atoms with Crippen LogP contribution in [0.3, 0.4) is 0 Å². The minimum absolute atomic E-state index is 0.0819. The summed E-state index contributed by atoms with van der Waals surface area (Å²) in [4.78, 5) is 32.2. The van der Waals surface area contributed by atoms with E-state index in [1.807, 2.05) is 32.3 Å². The molecule has 1 aliphatic carbocycles. The highest BCUT2D eigenvalue weighted by atomic mass is 32.2. The van der Waals surface area contributed by atoms with E-state index in [1.165, 1.54) is 11.8 Å². The molecule has 1 fully saturated rings. The van der Waals surface area contributed by atoms with E-state index in [4.69, 9.17) is 0 Å². The zero-order valence-corrected chi connectivity index (χ0v) is 17.8. The van der Waals surface area contributed by atoms with Crippen molar-refractivity contribution in [1.82, 2.24) is 19.8 Å². The van der Waals surface area contributed by atoms with Gasteiger partial charge in [0, 0.05) is 6.54 Å². The van der Waals surface area contributed by atoms with Crippen LogP contribution in [0.25, 0.3) is 10.9 Å². The Morgan fingerprint density at radius 3 is 2.76 bits per heavy atom. The van der Waals surface area contributed by atoms with Crippen LogP contribution in [-0.2, 0) is 11.3 Å². The lowest BCUT2D eigenvalue weighted by Gasteiger charge is -2.22. The molecule has 0 saturated heterocycles. The molecule has 0 radical (unpaired) electrons. The Bertz CT molecular complexity index is 973. The van der Waals surface area contributed by atoms with Crippen LogP contribution in [0.4, 0.5) is 0 Å². The number of fused-ring (bicyclic) bond motifs is 1. The van der Waals surface area contributed by atoms with E-state index in [1.54, 1.807) is 10.6 Å². The summed E-state index contributed by atoms with van der Waals surface area (Å²) in [7, 11) is 3.99. The number of thioether (sulfide) groups is 1. The summed E-state index contributed by atoms with van der Waals surface area (Å²) < 4.78 is 1.67. The molecule has 0 bridgehead atoms. The van der Waals surface area contributed by atoms with Crippen molar-refractivity contribution in [2.45, 2.75) is 49.3 Å². The van der Waals surface area contributed by atoms with Crippen molar-refractivity contribution in [2.75, 3.05) is 26.4 Å². The molecule has 3 rings (SSSR count). The fourth-order valence-corrected chi connectivity index (χ4v) is 4.50. The lowest BCUT2D eigenvalue weighted by Crippen LogP contribution is -2.45. The quantitative estimate of drug-likeness (QED) is 0.528. The van der Waals surface area contributed by atoms with Crippen molar-refractivity contribution in [3.8, 4) is 6.07 Å².